The number of hydrogen-bond donors (Lipinski definition) is 1. The van der Waals surface area contributed by atoms with Crippen molar-refractivity contribution in [3.05, 3.63) is 17.8 Å². The van der Waals surface area contributed by atoms with Gasteiger partial charge in [0.05, 0.1) is 11.9 Å². The lowest BCUT2D eigenvalue weighted by Gasteiger charge is -2.02. The Balaban J connectivity index is 2.31. The molecule has 1 aromatic rings. The number of oxazole rings is 1. The van der Waals surface area contributed by atoms with Gasteiger partial charge >= 0.3 is 0 Å². The highest BCUT2D eigenvalue weighted by Crippen LogP contribution is 2.33. The SMILES string of the molecule is O=S1(=O)CCCC1c1ncc(CO)o1. The molecule has 6 heteroatoms. The van der Waals surface area contributed by atoms with Crippen molar-refractivity contribution in [3.8, 4) is 0 Å². The van der Waals surface area contributed by atoms with Crippen LogP contribution < -0.4 is 0 Å². The van der Waals surface area contributed by atoms with Crippen LogP contribution in [0.2, 0.25) is 0 Å². The molecule has 0 amide bonds. The van der Waals surface area contributed by atoms with Crippen LogP contribution in [-0.4, -0.2) is 24.3 Å². The lowest BCUT2D eigenvalue weighted by atomic mass is 10.2. The monoisotopic (exact) mass is 217 g/mol. The third-order valence-corrected chi connectivity index (χ3v) is 4.49. The molecule has 1 aromatic heterocycles. The van der Waals surface area contributed by atoms with Gasteiger partial charge in [0.2, 0.25) is 5.89 Å². The number of aliphatic hydroxyl groups is 1. The smallest absolute Gasteiger partial charge is 0.212 e. The van der Waals surface area contributed by atoms with E-state index < -0.39 is 15.1 Å². The number of aliphatic hydroxyl groups excluding tert-OH is 1. The molecule has 1 unspecified atom stereocenters. The molecule has 0 aromatic carbocycles. The third-order valence-electron chi connectivity index (χ3n) is 2.33. The fraction of sp³-hybridized carbons (Fsp3) is 0.625. The minimum Gasteiger partial charge on any atom is -0.442 e. The second-order valence-corrected chi connectivity index (χ2v) is 5.62. The van der Waals surface area contributed by atoms with E-state index in [0.717, 1.165) is 0 Å². The number of aromatic nitrogens is 1. The molecule has 1 saturated heterocycles. The zero-order valence-electron chi connectivity index (χ0n) is 7.51. The van der Waals surface area contributed by atoms with Crippen LogP contribution in [0.1, 0.15) is 29.7 Å². The largest absolute Gasteiger partial charge is 0.442 e. The van der Waals surface area contributed by atoms with Crippen molar-refractivity contribution < 1.29 is 17.9 Å². The summed E-state index contributed by atoms with van der Waals surface area (Å²) in [6.45, 7) is -0.250. The fourth-order valence-electron chi connectivity index (χ4n) is 1.61. The van der Waals surface area contributed by atoms with E-state index in [1.807, 2.05) is 0 Å². The number of nitrogens with zero attached hydrogens (tertiary/aromatic N) is 1. The van der Waals surface area contributed by atoms with Gasteiger partial charge in [-0.3, -0.25) is 0 Å². The Morgan fingerprint density at radius 3 is 2.93 bits per heavy atom. The Kier molecular flexibility index (Phi) is 2.32. The van der Waals surface area contributed by atoms with E-state index in [-0.39, 0.29) is 18.3 Å². The summed E-state index contributed by atoms with van der Waals surface area (Å²) >= 11 is 0. The third kappa shape index (κ3) is 1.55. The second-order valence-electron chi connectivity index (χ2n) is 3.32. The van der Waals surface area contributed by atoms with Gasteiger partial charge in [-0.2, -0.15) is 0 Å². The summed E-state index contributed by atoms with van der Waals surface area (Å²) in [6, 6.07) is 0. The average molecular weight is 217 g/mol. The molecule has 2 rings (SSSR count). The Morgan fingerprint density at radius 1 is 1.64 bits per heavy atom. The highest BCUT2D eigenvalue weighted by atomic mass is 32.2. The second kappa shape index (κ2) is 3.36. The summed E-state index contributed by atoms with van der Waals surface area (Å²) in [4.78, 5) is 3.86. The van der Waals surface area contributed by atoms with Crippen molar-refractivity contribution in [1.29, 1.82) is 0 Å². The van der Waals surface area contributed by atoms with Crippen LogP contribution >= 0.6 is 0 Å². The van der Waals surface area contributed by atoms with Gasteiger partial charge in [-0.15, -0.1) is 0 Å². The van der Waals surface area contributed by atoms with Gasteiger partial charge in [0.1, 0.15) is 17.6 Å². The van der Waals surface area contributed by atoms with Crippen molar-refractivity contribution in [1.82, 2.24) is 4.98 Å². The maximum absolute atomic E-state index is 11.5. The molecular weight excluding hydrogens is 206 g/mol. The van der Waals surface area contributed by atoms with Crippen LogP contribution in [0.3, 0.4) is 0 Å². The maximum Gasteiger partial charge on any atom is 0.212 e. The Morgan fingerprint density at radius 2 is 2.43 bits per heavy atom. The Hall–Kier alpha value is -0.880. The predicted molar refractivity (Wildman–Crippen MR) is 48.2 cm³/mol. The molecule has 1 fully saturated rings. The molecule has 0 aliphatic carbocycles. The van der Waals surface area contributed by atoms with Gasteiger partial charge in [-0.1, -0.05) is 0 Å². The van der Waals surface area contributed by atoms with Crippen LogP contribution in [0.25, 0.3) is 0 Å². The van der Waals surface area contributed by atoms with Gasteiger partial charge in [0.15, 0.2) is 9.84 Å². The van der Waals surface area contributed by atoms with E-state index in [1.54, 1.807) is 0 Å². The van der Waals surface area contributed by atoms with Crippen molar-refractivity contribution in [3.63, 3.8) is 0 Å². The quantitative estimate of drug-likeness (QED) is 0.776. The molecule has 0 radical (unpaired) electrons. The summed E-state index contributed by atoms with van der Waals surface area (Å²) in [5.74, 6) is 0.725. The molecule has 1 atom stereocenters. The molecule has 0 bridgehead atoms. The molecule has 1 N–H and O–H groups in total. The highest BCUT2D eigenvalue weighted by Gasteiger charge is 2.36. The van der Waals surface area contributed by atoms with Crippen molar-refractivity contribution >= 4 is 9.84 Å². The minimum absolute atomic E-state index is 0.203. The van der Waals surface area contributed by atoms with Crippen LogP contribution in [0.5, 0.6) is 0 Å². The van der Waals surface area contributed by atoms with Crippen LogP contribution in [0, 0.1) is 0 Å². The first-order chi connectivity index (χ1) is 6.63. The van der Waals surface area contributed by atoms with Crippen molar-refractivity contribution in [2.75, 3.05) is 5.75 Å². The summed E-state index contributed by atoms with van der Waals surface area (Å²) < 4.78 is 28.1. The zero-order chi connectivity index (χ0) is 10.2. The van der Waals surface area contributed by atoms with Crippen LogP contribution in [0.15, 0.2) is 10.6 Å². The number of hydrogen-bond acceptors (Lipinski definition) is 5. The average Bonchev–Trinajstić information content (AvgIpc) is 2.70. The van der Waals surface area contributed by atoms with Gasteiger partial charge in [-0.05, 0) is 12.8 Å². The summed E-state index contributed by atoms with van der Waals surface area (Å²) in [7, 11) is -3.07. The van der Waals surface area contributed by atoms with Gasteiger partial charge in [0, 0.05) is 0 Å². The molecule has 14 heavy (non-hydrogen) atoms. The normalized spacial score (nSPS) is 25.4. The first-order valence-corrected chi connectivity index (χ1v) is 6.12. The first kappa shape index (κ1) is 9.67. The lowest BCUT2D eigenvalue weighted by Crippen LogP contribution is -2.07. The summed E-state index contributed by atoms with van der Waals surface area (Å²) in [5.41, 5.74) is 0. The van der Waals surface area contributed by atoms with E-state index in [4.69, 9.17) is 9.52 Å². The summed E-state index contributed by atoms with van der Waals surface area (Å²) in [5, 5.41) is 8.13. The molecule has 1 aliphatic heterocycles. The first-order valence-electron chi connectivity index (χ1n) is 4.40. The standard InChI is InChI=1S/C8H11NO4S/c10-5-6-4-9-8(13-6)7-2-1-3-14(7,11)12/h4,7,10H,1-3,5H2. The lowest BCUT2D eigenvalue weighted by molar-refractivity contribution is 0.242. The predicted octanol–water partition coefficient (Wildman–Crippen LogP) is 0.417. The minimum atomic E-state index is -3.07. The molecule has 0 saturated carbocycles. The van der Waals surface area contributed by atoms with E-state index >= 15 is 0 Å². The number of rotatable bonds is 2. The molecule has 2 heterocycles. The fourth-order valence-corrected chi connectivity index (χ4v) is 3.41. The van der Waals surface area contributed by atoms with E-state index in [2.05, 4.69) is 4.98 Å². The van der Waals surface area contributed by atoms with E-state index in [1.165, 1.54) is 6.20 Å². The van der Waals surface area contributed by atoms with Gasteiger partial charge in [-0.25, -0.2) is 13.4 Å². The van der Waals surface area contributed by atoms with Crippen molar-refractivity contribution in [2.45, 2.75) is 24.7 Å². The van der Waals surface area contributed by atoms with Gasteiger partial charge in [0.25, 0.3) is 0 Å². The zero-order valence-corrected chi connectivity index (χ0v) is 8.33. The number of sulfone groups is 1. The van der Waals surface area contributed by atoms with Crippen molar-refractivity contribution in [2.24, 2.45) is 0 Å². The molecule has 1 aliphatic rings. The molecular formula is C8H11NO4S. The molecule has 78 valence electrons. The Labute approximate surface area is 81.7 Å². The highest BCUT2D eigenvalue weighted by molar-refractivity contribution is 7.91. The Bertz CT molecular complexity index is 422. The molecule has 5 nitrogen and oxygen atoms in total. The van der Waals surface area contributed by atoms with E-state index in [0.29, 0.717) is 18.6 Å². The van der Waals surface area contributed by atoms with Gasteiger partial charge < -0.3 is 9.52 Å². The van der Waals surface area contributed by atoms with E-state index in [9.17, 15) is 8.42 Å². The topological polar surface area (TPSA) is 80.4 Å². The van der Waals surface area contributed by atoms with Crippen LogP contribution in [0.4, 0.5) is 0 Å². The van der Waals surface area contributed by atoms with Crippen LogP contribution in [-0.2, 0) is 16.4 Å². The molecule has 0 spiro atoms. The summed E-state index contributed by atoms with van der Waals surface area (Å²) in [6.07, 6.45) is 2.58. The maximum atomic E-state index is 11.5.